The first-order valence-corrected chi connectivity index (χ1v) is 8.83. The van der Waals surface area contributed by atoms with Crippen LogP contribution >= 0.6 is 0 Å². The molecule has 0 aliphatic carbocycles. The number of Topliss-reactive ketones (excluding diaryl/α,β-unsaturated/α-hetero) is 1. The van der Waals surface area contributed by atoms with E-state index in [1.807, 2.05) is 0 Å². The highest BCUT2D eigenvalue weighted by Gasteiger charge is 2.19. The molecule has 152 valence electrons. The van der Waals surface area contributed by atoms with Crippen molar-refractivity contribution < 1.29 is 28.7 Å². The number of carbonyl (C=O) groups excluding carboxylic acids is 4. The highest BCUT2D eigenvalue weighted by molar-refractivity contribution is 5.98. The number of carbonyl (C=O) groups is 4. The quantitative estimate of drug-likeness (QED) is 0.521. The van der Waals surface area contributed by atoms with E-state index in [0.717, 1.165) is 0 Å². The van der Waals surface area contributed by atoms with Gasteiger partial charge in [0.25, 0.3) is 11.8 Å². The van der Waals surface area contributed by atoms with Crippen molar-refractivity contribution in [1.82, 2.24) is 5.32 Å². The molecule has 8 nitrogen and oxygen atoms in total. The summed E-state index contributed by atoms with van der Waals surface area (Å²) in [7, 11) is 1.48. The fourth-order valence-electron chi connectivity index (χ4n) is 2.34. The highest BCUT2D eigenvalue weighted by atomic mass is 16.5. The average Bonchev–Trinajstić information content (AvgIpc) is 2.72. The minimum absolute atomic E-state index is 0.0823. The van der Waals surface area contributed by atoms with E-state index in [2.05, 4.69) is 10.6 Å². The summed E-state index contributed by atoms with van der Waals surface area (Å²) in [4.78, 5) is 47.4. The third-order valence-corrected chi connectivity index (χ3v) is 3.96. The first-order chi connectivity index (χ1) is 13.8. The van der Waals surface area contributed by atoms with Gasteiger partial charge in [0, 0.05) is 16.8 Å². The van der Waals surface area contributed by atoms with Gasteiger partial charge in [-0.15, -0.1) is 0 Å². The standard InChI is InChI=1S/C21H22N2O6/c1-13(24)15-7-9-17(10-8-15)23-20(26)14(2)29-19(25)12-22-21(27)16-5-4-6-18(11-16)28-3/h4-11,14H,12H2,1-3H3,(H,22,27)(H,23,26)/t14-/m1/s1. The number of hydrogen-bond donors (Lipinski definition) is 2. The van der Waals surface area contributed by atoms with Crippen LogP contribution in [0.25, 0.3) is 0 Å². The number of ether oxygens (including phenoxy) is 2. The third kappa shape index (κ3) is 6.46. The van der Waals surface area contributed by atoms with Crippen LogP contribution in [0.5, 0.6) is 5.75 Å². The Morgan fingerprint density at radius 3 is 2.31 bits per heavy atom. The molecule has 1 atom stereocenters. The van der Waals surface area contributed by atoms with E-state index in [1.54, 1.807) is 42.5 Å². The topological polar surface area (TPSA) is 111 Å². The molecule has 2 amide bonds. The van der Waals surface area contributed by atoms with Gasteiger partial charge in [0.05, 0.1) is 7.11 Å². The first-order valence-electron chi connectivity index (χ1n) is 8.83. The van der Waals surface area contributed by atoms with E-state index in [0.29, 0.717) is 22.6 Å². The van der Waals surface area contributed by atoms with E-state index >= 15 is 0 Å². The molecule has 29 heavy (non-hydrogen) atoms. The predicted octanol–water partition coefficient (Wildman–Crippen LogP) is 2.20. The number of hydrogen-bond acceptors (Lipinski definition) is 6. The number of nitrogens with one attached hydrogen (secondary N) is 2. The Morgan fingerprint density at radius 1 is 1.00 bits per heavy atom. The maximum absolute atomic E-state index is 12.1. The summed E-state index contributed by atoms with van der Waals surface area (Å²) < 4.78 is 10.1. The van der Waals surface area contributed by atoms with Gasteiger partial charge in [0.15, 0.2) is 11.9 Å². The molecular weight excluding hydrogens is 376 g/mol. The van der Waals surface area contributed by atoms with Crippen LogP contribution in [-0.4, -0.2) is 43.3 Å². The Bertz CT molecular complexity index is 908. The summed E-state index contributed by atoms with van der Waals surface area (Å²) in [6, 6.07) is 12.8. The molecule has 0 aliphatic rings. The summed E-state index contributed by atoms with van der Waals surface area (Å²) in [5.41, 5.74) is 1.32. The van der Waals surface area contributed by atoms with E-state index < -0.39 is 23.9 Å². The zero-order chi connectivity index (χ0) is 21.4. The van der Waals surface area contributed by atoms with Crippen LogP contribution in [0.4, 0.5) is 5.69 Å². The summed E-state index contributed by atoms with van der Waals surface area (Å²) in [6.45, 7) is 2.48. The number of benzene rings is 2. The van der Waals surface area contributed by atoms with Gasteiger partial charge in [-0.3, -0.25) is 19.2 Å². The van der Waals surface area contributed by atoms with E-state index in [9.17, 15) is 19.2 Å². The van der Waals surface area contributed by atoms with Gasteiger partial charge in [-0.2, -0.15) is 0 Å². The van der Waals surface area contributed by atoms with Crippen molar-refractivity contribution in [1.29, 1.82) is 0 Å². The summed E-state index contributed by atoms with van der Waals surface area (Å²) in [6.07, 6.45) is -1.07. The van der Waals surface area contributed by atoms with Crippen molar-refractivity contribution in [2.24, 2.45) is 0 Å². The van der Waals surface area contributed by atoms with Crippen LogP contribution in [-0.2, 0) is 14.3 Å². The fourth-order valence-corrected chi connectivity index (χ4v) is 2.34. The second-order valence-electron chi connectivity index (χ2n) is 6.17. The third-order valence-electron chi connectivity index (χ3n) is 3.96. The zero-order valence-corrected chi connectivity index (χ0v) is 16.4. The van der Waals surface area contributed by atoms with Gasteiger partial charge in [-0.1, -0.05) is 6.07 Å². The van der Waals surface area contributed by atoms with Crippen LogP contribution in [0.3, 0.4) is 0 Å². The van der Waals surface area contributed by atoms with Crippen LogP contribution in [0.2, 0.25) is 0 Å². The van der Waals surface area contributed by atoms with E-state index in [4.69, 9.17) is 9.47 Å². The molecule has 0 heterocycles. The Balaban J connectivity index is 1.82. The monoisotopic (exact) mass is 398 g/mol. The number of ketones is 1. The molecule has 2 aromatic rings. The van der Waals surface area contributed by atoms with Crippen molar-refractivity contribution in [3.8, 4) is 5.75 Å². The molecule has 0 unspecified atom stereocenters. The normalized spacial score (nSPS) is 11.1. The van der Waals surface area contributed by atoms with Crippen molar-refractivity contribution in [3.63, 3.8) is 0 Å². The fraction of sp³-hybridized carbons (Fsp3) is 0.238. The molecule has 2 rings (SSSR count). The number of anilines is 1. The van der Waals surface area contributed by atoms with Crippen LogP contribution in [0.15, 0.2) is 48.5 Å². The molecule has 2 aromatic carbocycles. The Morgan fingerprint density at radius 2 is 1.69 bits per heavy atom. The molecule has 0 fully saturated rings. The second-order valence-corrected chi connectivity index (χ2v) is 6.17. The Hall–Kier alpha value is -3.68. The van der Waals surface area contributed by atoms with Gasteiger partial charge >= 0.3 is 5.97 Å². The summed E-state index contributed by atoms with van der Waals surface area (Å²) in [5.74, 6) is -1.32. The van der Waals surface area contributed by atoms with Crippen molar-refractivity contribution >= 4 is 29.3 Å². The van der Waals surface area contributed by atoms with Crippen LogP contribution in [0, 0.1) is 0 Å². The number of esters is 1. The number of methoxy groups -OCH3 is 1. The molecule has 0 aromatic heterocycles. The molecular formula is C21H22N2O6. The smallest absolute Gasteiger partial charge is 0.326 e. The SMILES string of the molecule is COc1cccc(C(=O)NCC(=O)O[C@H](C)C(=O)Nc2ccc(C(C)=O)cc2)c1. The lowest BCUT2D eigenvalue weighted by Gasteiger charge is -2.14. The van der Waals surface area contributed by atoms with Gasteiger partial charge in [-0.05, 0) is 56.3 Å². The molecule has 0 saturated heterocycles. The first kappa shape index (κ1) is 21.6. The summed E-state index contributed by atoms with van der Waals surface area (Å²) >= 11 is 0. The lowest BCUT2D eigenvalue weighted by molar-refractivity contribution is -0.152. The van der Waals surface area contributed by atoms with Crippen molar-refractivity contribution in [3.05, 3.63) is 59.7 Å². The average molecular weight is 398 g/mol. The van der Waals surface area contributed by atoms with Gasteiger partial charge < -0.3 is 20.1 Å². The number of rotatable bonds is 8. The molecule has 8 heteroatoms. The lowest BCUT2D eigenvalue weighted by Crippen LogP contribution is -2.35. The second kappa shape index (κ2) is 10.0. The van der Waals surface area contributed by atoms with Gasteiger partial charge in [-0.25, -0.2) is 0 Å². The van der Waals surface area contributed by atoms with Gasteiger partial charge in [0.2, 0.25) is 0 Å². The maximum Gasteiger partial charge on any atom is 0.326 e. The lowest BCUT2D eigenvalue weighted by atomic mass is 10.1. The highest BCUT2D eigenvalue weighted by Crippen LogP contribution is 2.13. The minimum Gasteiger partial charge on any atom is -0.497 e. The minimum atomic E-state index is -1.07. The molecule has 0 saturated carbocycles. The zero-order valence-electron chi connectivity index (χ0n) is 16.4. The van der Waals surface area contributed by atoms with Crippen LogP contribution < -0.4 is 15.4 Å². The Kier molecular flexibility index (Phi) is 7.47. The predicted molar refractivity (Wildman–Crippen MR) is 106 cm³/mol. The molecule has 0 spiro atoms. The molecule has 0 radical (unpaired) electrons. The van der Waals surface area contributed by atoms with E-state index in [-0.39, 0.29) is 12.3 Å². The van der Waals surface area contributed by atoms with Crippen molar-refractivity contribution in [2.75, 3.05) is 19.0 Å². The Labute approximate surface area is 168 Å². The largest absolute Gasteiger partial charge is 0.497 e. The van der Waals surface area contributed by atoms with E-state index in [1.165, 1.54) is 27.0 Å². The molecule has 0 bridgehead atoms. The summed E-state index contributed by atoms with van der Waals surface area (Å²) in [5, 5.41) is 5.02. The molecule has 2 N–H and O–H groups in total. The maximum atomic E-state index is 12.1. The number of amides is 2. The van der Waals surface area contributed by atoms with Gasteiger partial charge in [0.1, 0.15) is 12.3 Å². The van der Waals surface area contributed by atoms with Crippen LogP contribution in [0.1, 0.15) is 34.6 Å². The molecule has 0 aliphatic heterocycles. The van der Waals surface area contributed by atoms with Crippen molar-refractivity contribution in [2.45, 2.75) is 20.0 Å².